The summed E-state index contributed by atoms with van der Waals surface area (Å²) in [6.07, 6.45) is 0. The second-order valence-electron chi connectivity index (χ2n) is 19.4. The zero-order valence-electron chi connectivity index (χ0n) is 37.6. The van der Waals surface area contributed by atoms with Gasteiger partial charge in [-0.25, -0.2) is 0 Å². The van der Waals surface area contributed by atoms with Gasteiger partial charge in [-0.15, -0.1) is 0 Å². The Kier molecular flexibility index (Phi) is 7.27. The highest BCUT2D eigenvalue weighted by Crippen LogP contribution is 2.65. The third kappa shape index (κ3) is 4.52. The molecule has 0 saturated heterocycles. The van der Waals surface area contributed by atoms with E-state index in [1.807, 2.05) is 0 Å². The molecule has 0 bridgehead atoms. The fourth-order valence-corrected chi connectivity index (χ4v) is 14.0. The number of hydrogen-bond acceptors (Lipinski definition) is 1. The molecule has 0 saturated carbocycles. The molecule has 0 fully saturated rings. The molecular weight excluding hydrogens is 831 g/mol. The van der Waals surface area contributed by atoms with Gasteiger partial charge in [0.05, 0.1) is 16.5 Å². The van der Waals surface area contributed by atoms with Crippen molar-refractivity contribution in [2.75, 3.05) is 4.90 Å². The predicted octanol–water partition coefficient (Wildman–Crippen LogP) is 17.3. The van der Waals surface area contributed by atoms with E-state index in [1.54, 1.807) is 0 Å². The van der Waals surface area contributed by atoms with Crippen molar-refractivity contribution in [3.63, 3.8) is 0 Å². The van der Waals surface area contributed by atoms with Crippen LogP contribution in [0.3, 0.4) is 0 Å². The lowest BCUT2D eigenvalue weighted by molar-refractivity contribution is 0.792. The van der Waals surface area contributed by atoms with Crippen LogP contribution in [0.25, 0.3) is 76.8 Å². The molecule has 0 amide bonds. The molecule has 4 aliphatic rings. The van der Waals surface area contributed by atoms with E-state index in [2.05, 4.69) is 254 Å². The number of benzene rings is 12. The van der Waals surface area contributed by atoms with Gasteiger partial charge in [-0.3, -0.25) is 0 Å². The summed E-state index contributed by atoms with van der Waals surface area (Å²) in [5.41, 5.74) is 23.6. The zero-order valence-corrected chi connectivity index (χ0v) is 37.6. The van der Waals surface area contributed by atoms with Gasteiger partial charge in [0, 0.05) is 16.8 Å². The van der Waals surface area contributed by atoms with Crippen LogP contribution >= 0.6 is 0 Å². The van der Waals surface area contributed by atoms with Crippen molar-refractivity contribution >= 4 is 49.4 Å². The Morgan fingerprint density at radius 1 is 0.217 bits per heavy atom. The standard InChI is InChI=1S/C68H41N/c1-2-19-46-44(18-1)45-20-3-4-27-55(45)66-56(46)28-17-35-65(66)69(42-36-38-53-51-25-9-15-33-61(51)67(63(53)40-42)57-29-11-5-21-47(57)48-22-6-12-30-58(48)67)43-37-39-54-52-26-10-16-34-62(52)68(64(54)41-43)59-31-13-7-23-49(59)50-24-8-14-32-60(50)68/h1-41H. The van der Waals surface area contributed by atoms with Crippen molar-refractivity contribution in [2.45, 2.75) is 10.8 Å². The molecule has 12 aromatic carbocycles. The van der Waals surface area contributed by atoms with Crippen molar-refractivity contribution in [3.8, 4) is 44.5 Å². The second kappa shape index (κ2) is 13.4. The summed E-state index contributed by atoms with van der Waals surface area (Å²) in [6.45, 7) is 0. The lowest BCUT2D eigenvalue weighted by Crippen LogP contribution is -2.26. The maximum Gasteiger partial charge on any atom is 0.0726 e. The van der Waals surface area contributed by atoms with Crippen LogP contribution in [0.15, 0.2) is 249 Å². The van der Waals surface area contributed by atoms with E-state index in [-0.39, 0.29) is 0 Å². The van der Waals surface area contributed by atoms with Crippen LogP contribution < -0.4 is 4.90 Å². The average Bonchev–Trinajstić information content (AvgIpc) is 4.10. The maximum absolute atomic E-state index is 2.59. The quantitative estimate of drug-likeness (QED) is 0.160. The monoisotopic (exact) mass is 871 g/mol. The van der Waals surface area contributed by atoms with Gasteiger partial charge < -0.3 is 4.90 Å². The molecule has 2 spiro atoms. The third-order valence-electron chi connectivity index (χ3n) is 16.5. The first kappa shape index (κ1) is 37.3. The maximum atomic E-state index is 2.59. The van der Waals surface area contributed by atoms with Gasteiger partial charge in [0.25, 0.3) is 0 Å². The van der Waals surface area contributed by atoms with Crippen LogP contribution in [0.1, 0.15) is 44.5 Å². The summed E-state index contributed by atoms with van der Waals surface area (Å²) < 4.78 is 0. The molecule has 0 N–H and O–H groups in total. The summed E-state index contributed by atoms with van der Waals surface area (Å²) in [7, 11) is 0. The Bertz CT molecular complexity index is 3860. The van der Waals surface area contributed by atoms with E-state index in [0.29, 0.717) is 0 Å². The topological polar surface area (TPSA) is 3.24 Å². The predicted molar refractivity (Wildman–Crippen MR) is 286 cm³/mol. The number of fused-ring (bicyclic) bond motifs is 26. The number of nitrogens with zero attached hydrogens (tertiary/aromatic N) is 1. The molecule has 4 aliphatic carbocycles. The molecule has 0 heterocycles. The van der Waals surface area contributed by atoms with Gasteiger partial charge in [-0.05, 0) is 146 Å². The number of rotatable bonds is 3. The summed E-state index contributed by atoms with van der Waals surface area (Å²) in [5, 5.41) is 7.54. The van der Waals surface area contributed by atoms with E-state index in [4.69, 9.17) is 0 Å². The molecule has 0 unspecified atom stereocenters. The lowest BCUT2D eigenvalue weighted by atomic mass is 9.70. The van der Waals surface area contributed by atoms with Gasteiger partial charge in [0.2, 0.25) is 0 Å². The summed E-state index contributed by atoms with van der Waals surface area (Å²) >= 11 is 0. The molecule has 1 heteroatoms. The Morgan fingerprint density at radius 3 is 0.855 bits per heavy atom. The van der Waals surface area contributed by atoms with Crippen molar-refractivity contribution in [2.24, 2.45) is 0 Å². The van der Waals surface area contributed by atoms with Gasteiger partial charge >= 0.3 is 0 Å². The Labute approximate surface area is 400 Å². The van der Waals surface area contributed by atoms with Crippen LogP contribution in [0, 0.1) is 0 Å². The van der Waals surface area contributed by atoms with E-state index in [1.165, 1.54) is 121 Å². The van der Waals surface area contributed by atoms with E-state index < -0.39 is 10.8 Å². The highest BCUT2D eigenvalue weighted by atomic mass is 15.1. The minimum Gasteiger partial charge on any atom is -0.310 e. The highest BCUT2D eigenvalue weighted by Gasteiger charge is 2.53. The van der Waals surface area contributed by atoms with Crippen molar-refractivity contribution < 1.29 is 0 Å². The van der Waals surface area contributed by atoms with Gasteiger partial charge in [-0.2, -0.15) is 0 Å². The zero-order chi connectivity index (χ0) is 45.0. The molecule has 16 rings (SSSR count). The Balaban J connectivity index is 1.03. The van der Waals surface area contributed by atoms with Gasteiger partial charge in [-0.1, -0.05) is 218 Å². The lowest BCUT2D eigenvalue weighted by Gasteiger charge is -2.34. The van der Waals surface area contributed by atoms with Crippen molar-refractivity contribution in [1.82, 2.24) is 0 Å². The van der Waals surface area contributed by atoms with E-state index in [0.717, 1.165) is 17.1 Å². The van der Waals surface area contributed by atoms with E-state index in [9.17, 15) is 0 Å². The minimum absolute atomic E-state index is 0.483. The molecule has 0 radical (unpaired) electrons. The van der Waals surface area contributed by atoms with Crippen LogP contribution in [-0.4, -0.2) is 0 Å². The van der Waals surface area contributed by atoms with Crippen LogP contribution in [0.5, 0.6) is 0 Å². The fraction of sp³-hybridized carbons (Fsp3) is 0.0294. The third-order valence-corrected chi connectivity index (χ3v) is 16.5. The smallest absolute Gasteiger partial charge is 0.0726 e. The van der Waals surface area contributed by atoms with Crippen LogP contribution in [-0.2, 0) is 10.8 Å². The summed E-state index contributed by atoms with van der Waals surface area (Å²) in [5.74, 6) is 0. The average molecular weight is 872 g/mol. The highest BCUT2D eigenvalue weighted by molar-refractivity contribution is 6.29. The second-order valence-corrected chi connectivity index (χ2v) is 19.4. The number of hydrogen-bond donors (Lipinski definition) is 0. The molecular formula is C68H41N. The normalized spacial score (nSPS) is 14.3. The first-order valence-corrected chi connectivity index (χ1v) is 24.3. The van der Waals surface area contributed by atoms with Crippen molar-refractivity contribution in [1.29, 1.82) is 0 Å². The molecule has 12 aromatic rings. The first-order valence-electron chi connectivity index (χ1n) is 24.3. The molecule has 0 aliphatic heterocycles. The molecule has 1 nitrogen and oxygen atoms in total. The summed E-state index contributed by atoms with van der Waals surface area (Å²) in [4.78, 5) is 2.59. The Morgan fingerprint density at radius 2 is 0.493 bits per heavy atom. The first-order chi connectivity index (χ1) is 34.3. The fourth-order valence-electron chi connectivity index (χ4n) is 14.0. The molecule has 0 aromatic heterocycles. The van der Waals surface area contributed by atoms with E-state index >= 15 is 0 Å². The SMILES string of the molecule is c1ccc2c(c1)-c1ccccc1C21c2ccccc2-c2ccc(N(c3ccc4c(c3)C3(c5ccccc5-c5ccccc53)c3ccccc3-4)c3cccc4c5ccccc5c5ccccc5c34)cc21. The minimum atomic E-state index is -0.483. The molecule has 0 atom stereocenters. The van der Waals surface area contributed by atoms with Gasteiger partial charge in [0.15, 0.2) is 0 Å². The Hall–Kier alpha value is -8.78. The molecule has 318 valence electrons. The van der Waals surface area contributed by atoms with Crippen LogP contribution in [0.4, 0.5) is 17.1 Å². The van der Waals surface area contributed by atoms with Crippen LogP contribution in [0.2, 0.25) is 0 Å². The van der Waals surface area contributed by atoms with Gasteiger partial charge in [0.1, 0.15) is 0 Å². The summed E-state index contributed by atoms with van der Waals surface area (Å²) in [6, 6.07) is 94.4. The number of anilines is 3. The molecule has 69 heavy (non-hydrogen) atoms. The van der Waals surface area contributed by atoms with Crippen molar-refractivity contribution in [3.05, 3.63) is 293 Å². The largest absolute Gasteiger partial charge is 0.310 e.